The van der Waals surface area contributed by atoms with Gasteiger partial charge in [-0.2, -0.15) is 0 Å². The van der Waals surface area contributed by atoms with E-state index in [1.54, 1.807) is 6.07 Å². The Bertz CT molecular complexity index is 444. The van der Waals surface area contributed by atoms with Crippen LogP contribution in [0.15, 0.2) is 18.2 Å². The van der Waals surface area contributed by atoms with Crippen LogP contribution in [0.2, 0.25) is 5.02 Å². The van der Waals surface area contributed by atoms with Crippen LogP contribution in [0, 0.1) is 12.8 Å². The quantitative estimate of drug-likeness (QED) is 0.798. The maximum atomic E-state index is 12.0. The minimum atomic E-state index is -0.0341. The number of carbonyl (C=O) groups excluding carboxylic acids is 1. The van der Waals surface area contributed by atoms with Crippen LogP contribution in [-0.2, 0) is 4.79 Å². The summed E-state index contributed by atoms with van der Waals surface area (Å²) >= 11 is 5.94. The summed E-state index contributed by atoms with van der Waals surface area (Å²) < 4.78 is 0. The molecule has 0 aliphatic heterocycles. The molecule has 1 atom stereocenters. The zero-order valence-corrected chi connectivity index (χ0v) is 13.6. The van der Waals surface area contributed by atoms with E-state index in [2.05, 4.69) is 31.4 Å². The van der Waals surface area contributed by atoms with Crippen molar-refractivity contribution < 1.29 is 4.79 Å². The lowest BCUT2D eigenvalue weighted by Gasteiger charge is -2.22. The van der Waals surface area contributed by atoms with Crippen molar-refractivity contribution in [3.05, 3.63) is 28.8 Å². The molecule has 1 aromatic rings. The molecule has 0 spiro atoms. The van der Waals surface area contributed by atoms with E-state index < -0.39 is 0 Å². The van der Waals surface area contributed by atoms with Crippen LogP contribution < -0.4 is 10.6 Å². The summed E-state index contributed by atoms with van der Waals surface area (Å²) in [5.74, 6) is 0.573. The number of hydrogen-bond donors (Lipinski definition) is 2. The molecule has 1 unspecified atom stereocenters. The van der Waals surface area contributed by atoms with Gasteiger partial charge in [-0.25, -0.2) is 0 Å². The largest absolute Gasteiger partial charge is 0.325 e. The lowest BCUT2D eigenvalue weighted by atomic mass is 9.95. The Morgan fingerprint density at radius 3 is 2.55 bits per heavy atom. The predicted molar refractivity (Wildman–Crippen MR) is 86.4 cm³/mol. The second kappa shape index (κ2) is 8.28. The Balaban J connectivity index is 2.50. The van der Waals surface area contributed by atoms with E-state index >= 15 is 0 Å². The first-order valence-corrected chi connectivity index (χ1v) is 7.65. The fraction of sp³-hybridized carbons (Fsp3) is 0.562. The van der Waals surface area contributed by atoms with E-state index in [0.29, 0.717) is 23.5 Å². The van der Waals surface area contributed by atoms with Gasteiger partial charge in [-0.3, -0.25) is 4.79 Å². The molecule has 3 nitrogen and oxygen atoms in total. The van der Waals surface area contributed by atoms with Gasteiger partial charge in [0, 0.05) is 16.8 Å². The number of amides is 1. The molecule has 0 aliphatic rings. The maximum Gasteiger partial charge on any atom is 0.238 e. The topological polar surface area (TPSA) is 41.1 Å². The number of hydrogen-bond acceptors (Lipinski definition) is 2. The summed E-state index contributed by atoms with van der Waals surface area (Å²) in [5, 5.41) is 6.82. The second-order valence-electron chi connectivity index (χ2n) is 5.25. The Kier molecular flexibility index (Phi) is 7.03. The Morgan fingerprint density at radius 1 is 1.30 bits per heavy atom. The molecule has 0 aliphatic carbocycles. The second-order valence-corrected chi connectivity index (χ2v) is 5.69. The van der Waals surface area contributed by atoms with Crippen LogP contribution in [0.25, 0.3) is 0 Å². The molecule has 0 radical (unpaired) electrons. The normalized spacial score (nSPS) is 12.5. The number of rotatable bonds is 7. The van der Waals surface area contributed by atoms with Crippen LogP contribution in [0.3, 0.4) is 0 Å². The highest BCUT2D eigenvalue weighted by atomic mass is 35.5. The van der Waals surface area contributed by atoms with E-state index in [1.165, 1.54) is 0 Å². The molecule has 0 bridgehead atoms. The summed E-state index contributed by atoms with van der Waals surface area (Å²) in [6.07, 6.45) is 2.25. The summed E-state index contributed by atoms with van der Waals surface area (Å²) in [6.45, 7) is 8.77. The first-order chi connectivity index (χ1) is 9.47. The molecular formula is C16H25ClN2O. The fourth-order valence-electron chi connectivity index (χ4n) is 2.34. The number of anilines is 1. The van der Waals surface area contributed by atoms with E-state index in [0.717, 1.165) is 24.1 Å². The Morgan fingerprint density at radius 2 is 1.95 bits per heavy atom. The lowest BCUT2D eigenvalue weighted by Crippen LogP contribution is -2.38. The van der Waals surface area contributed by atoms with Gasteiger partial charge in [0.1, 0.15) is 0 Å². The summed E-state index contributed by atoms with van der Waals surface area (Å²) in [6, 6.07) is 5.84. The zero-order chi connectivity index (χ0) is 15.1. The van der Waals surface area contributed by atoms with Gasteiger partial charge in [-0.15, -0.1) is 0 Å². The molecular weight excluding hydrogens is 272 g/mol. The van der Waals surface area contributed by atoms with Gasteiger partial charge >= 0.3 is 0 Å². The average molecular weight is 297 g/mol. The van der Waals surface area contributed by atoms with Gasteiger partial charge < -0.3 is 10.6 Å². The van der Waals surface area contributed by atoms with E-state index in [4.69, 9.17) is 11.6 Å². The average Bonchev–Trinajstić information content (AvgIpc) is 2.42. The van der Waals surface area contributed by atoms with Crippen molar-refractivity contribution in [3.63, 3.8) is 0 Å². The van der Waals surface area contributed by atoms with Crippen LogP contribution >= 0.6 is 11.6 Å². The van der Waals surface area contributed by atoms with Crippen molar-refractivity contribution in [2.45, 2.75) is 46.6 Å². The molecule has 0 heterocycles. The number of aryl methyl sites for hydroxylation is 1. The monoisotopic (exact) mass is 296 g/mol. The van der Waals surface area contributed by atoms with Crippen molar-refractivity contribution in [1.29, 1.82) is 0 Å². The van der Waals surface area contributed by atoms with Gasteiger partial charge in [-0.1, -0.05) is 44.4 Å². The van der Waals surface area contributed by atoms with Crippen LogP contribution in [-0.4, -0.2) is 18.5 Å². The van der Waals surface area contributed by atoms with Crippen molar-refractivity contribution in [2.75, 3.05) is 11.9 Å². The first-order valence-electron chi connectivity index (χ1n) is 7.27. The lowest BCUT2D eigenvalue weighted by molar-refractivity contribution is -0.115. The van der Waals surface area contributed by atoms with Crippen LogP contribution in [0.5, 0.6) is 0 Å². The molecule has 1 rings (SSSR count). The number of halogens is 1. The van der Waals surface area contributed by atoms with E-state index in [-0.39, 0.29) is 5.91 Å². The van der Waals surface area contributed by atoms with Crippen molar-refractivity contribution in [1.82, 2.24) is 5.32 Å². The predicted octanol–water partition coefficient (Wildman–Crippen LogP) is 4.00. The van der Waals surface area contributed by atoms with Gasteiger partial charge in [0.05, 0.1) is 6.54 Å². The Labute approximate surface area is 127 Å². The van der Waals surface area contributed by atoms with Gasteiger partial charge in [0.25, 0.3) is 0 Å². The molecule has 0 aromatic heterocycles. The number of carbonyl (C=O) groups is 1. The van der Waals surface area contributed by atoms with Crippen LogP contribution in [0.1, 0.15) is 39.2 Å². The summed E-state index contributed by atoms with van der Waals surface area (Å²) in [4.78, 5) is 12.0. The third-order valence-corrected chi connectivity index (χ3v) is 4.05. The highest BCUT2D eigenvalue weighted by Crippen LogP contribution is 2.20. The highest BCUT2D eigenvalue weighted by Gasteiger charge is 2.14. The minimum absolute atomic E-state index is 0.0341. The molecule has 0 saturated carbocycles. The van der Waals surface area contributed by atoms with Crippen molar-refractivity contribution in [2.24, 2.45) is 5.92 Å². The van der Waals surface area contributed by atoms with Crippen LogP contribution in [0.4, 0.5) is 5.69 Å². The minimum Gasteiger partial charge on any atom is -0.325 e. The molecule has 1 aromatic carbocycles. The molecule has 0 saturated heterocycles. The van der Waals surface area contributed by atoms with Gasteiger partial charge in [0.15, 0.2) is 0 Å². The van der Waals surface area contributed by atoms with E-state index in [9.17, 15) is 4.79 Å². The first kappa shape index (κ1) is 17.0. The van der Waals surface area contributed by atoms with E-state index in [1.807, 2.05) is 19.1 Å². The molecule has 0 fully saturated rings. The summed E-state index contributed by atoms with van der Waals surface area (Å²) in [7, 11) is 0. The third-order valence-electron chi connectivity index (χ3n) is 3.81. The number of nitrogens with one attached hydrogen (secondary N) is 2. The zero-order valence-electron chi connectivity index (χ0n) is 12.8. The molecule has 1 amide bonds. The highest BCUT2D eigenvalue weighted by molar-refractivity contribution is 6.31. The summed E-state index contributed by atoms with van der Waals surface area (Å²) in [5.41, 5.74) is 1.79. The molecule has 112 valence electrons. The smallest absolute Gasteiger partial charge is 0.238 e. The van der Waals surface area contributed by atoms with Gasteiger partial charge in [0.2, 0.25) is 5.91 Å². The standard InChI is InChI=1S/C16H25ClN2O/c1-5-13(6-2)12(4)18-10-16(20)19-15-9-14(17)8-7-11(15)3/h7-9,12-13,18H,5-6,10H2,1-4H3,(H,19,20). The maximum absolute atomic E-state index is 12.0. The molecule has 20 heavy (non-hydrogen) atoms. The van der Waals surface area contributed by atoms with Gasteiger partial charge in [-0.05, 0) is 37.5 Å². The molecule has 4 heteroatoms. The van der Waals surface area contributed by atoms with Crippen molar-refractivity contribution in [3.8, 4) is 0 Å². The third kappa shape index (κ3) is 5.14. The fourth-order valence-corrected chi connectivity index (χ4v) is 2.51. The SMILES string of the molecule is CCC(CC)C(C)NCC(=O)Nc1cc(Cl)ccc1C. The Hall–Kier alpha value is -1.06. The van der Waals surface area contributed by atoms with Crippen molar-refractivity contribution >= 4 is 23.2 Å². The molecule has 2 N–H and O–H groups in total. The number of benzene rings is 1.